The molecule has 0 heterocycles. The molecular weight excluding hydrogens is 360 g/mol. The summed E-state index contributed by atoms with van der Waals surface area (Å²) in [6, 6.07) is 12.7. The Bertz CT molecular complexity index is 636. The smallest absolute Gasteiger partial charge is 0.234 e. The summed E-state index contributed by atoms with van der Waals surface area (Å²) >= 11 is 10.8. The number of carbonyl (C=O) groups excluding carboxylic acids is 1. The molecule has 0 saturated heterocycles. The van der Waals surface area contributed by atoms with Gasteiger partial charge in [0.1, 0.15) is 0 Å². The number of hydrogen-bond acceptors (Lipinski definition) is 3. The van der Waals surface area contributed by atoms with Gasteiger partial charge in [0.25, 0.3) is 0 Å². The first kappa shape index (κ1) is 15.2. The van der Waals surface area contributed by atoms with Crippen LogP contribution < -0.4 is 11.1 Å². The predicted molar refractivity (Wildman–Crippen MR) is 89.4 cm³/mol. The Kier molecular flexibility index (Phi) is 5.34. The number of rotatable bonds is 4. The second kappa shape index (κ2) is 7.02. The second-order valence-corrected chi connectivity index (χ2v) is 6.29. The van der Waals surface area contributed by atoms with Crippen LogP contribution in [0, 0.1) is 0 Å². The molecule has 104 valence electrons. The number of benzene rings is 2. The molecule has 2 aromatic rings. The normalized spacial score (nSPS) is 10.3. The van der Waals surface area contributed by atoms with Gasteiger partial charge in [-0.1, -0.05) is 23.7 Å². The van der Waals surface area contributed by atoms with Crippen molar-refractivity contribution < 1.29 is 4.79 Å². The second-order valence-electron chi connectivity index (χ2n) is 4.01. The van der Waals surface area contributed by atoms with E-state index in [0.717, 1.165) is 15.1 Å². The number of nitrogens with two attached hydrogens (primary N) is 1. The van der Waals surface area contributed by atoms with E-state index in [-0.39, 0.29) is 11.7 Å². The Morgan fingerprint density at radius 2 is 2.05 bits per heavy atom. The highest BCUT2D eigenvalue weighted by Gasteiger charge is 2.08. The van der Waals surface area contributed by atoms with Gasteiger partial charge >= 0.3 is 0 Å². The Hall–Kier alpha value is -1.17. The lowest BCUT2D eigenvalue weighted by Gasteiger charge is -2.08. The number of thioether (sulfide) groups is 1. The summed E-state index contributed by atoms with van der Waals surface area (Å²) in [5.41, 5.74) is 6.98. The molecule has 3 N–H and O–H groups in total. The zero-order valence-corrected chi connectivity index (χ0v) is 13.6. The quantitative estimate of drug-likeness (QED) is 0.618. The molecule has 0 aromatic heterocycles. The van der Waals surface area contributed by atoms with E-state index in [1.165, 1.54) is 11.8 Å². The molecule has 2 aromatic carbocycles. The Morgan fingerprint density at radius 1 is 1.30 bits per heavy atom. The third kappa shape index (κ3) is 4.16. The van der Waals surface area contributed by atoms with Gasteiger partial charge in [0.05, 0.1) is 16.5 Å². The van der Waals surface area contributed by atoms with Gasteiger partial charge in [-0.15, -0.1) is 11.8 Å². The summed E-state index contributed by atoms with van der Waals surface area (Å²) < 4.78 is 0.851. The van der Waals surface area contributed by atoms with E-state index in [9.17, 15) is 4.79 Å². The maximum Gasteiger partial charge on any atom is 0.234 e. The first-order valence-corrected chi connectivity index (χ1v) is 7.94. The number of carbonyl (C=O) groups is 1. The van der Waals surface area contributed by atoms with Gasteiger partial charge in [-0.25, -0.2) is 0 Å². The largest absolute Gasteiger partial charge is 0.399 e. The van der Waals surface area contributed by atoms with E-state index in [2.05, 4.69) is 21.2 Å². The number of anilines is 2. The molecule has 20 heavy (non-hydrogen) atoms. The van der Waals surface area contributed by atoms with Crippen molar-refractivity contribution in [1.82, 2.24) is 0 Å². The van der Waals surface area contributed by atoms with Crippen LogP contribution in [0.5, 0.6) is 0 Å². The fourth-order valence-corrected chi connectivity index (χ4v) is 2.98. The number of amides is 1. The molecule has 0 aliphatic rings. The monoisotopic (exact) mass is 370 g/mol. The fraction of sp³-hybridized carbons (Fsp3) is 0.0714. The average molecular weight is 372 g/mol. The van der Waals surface area contributed by atoms with E-state index in [1.54, 1.807) is 12.1 Å². The minimum absolute atomic E-state index is 0.0882. The molecule has 3 nitrogen and oxygen atoms in total. The van der Waals surface area contributed by atoms with Crippen LogP contribution in [0.1, 0.15) is 0 Å². The molecule has 1 amide bonds. The minimum atomic E-state index is -0.0882. The lowest BCUT2D eigenvalue weighted by atomic mass is 10.3. The van der Waals surface area contributed by atoms with Crippen LogP contribution in [0.4, 0.5) is 11.4 Å². The zero-order valence-electron chi connectivity index (χ0n) is 10.4. The zero-order chi connectivity index (χ0) is 14.5. The molecule has 2 rings (SSSR count). The highest BCUT2D eigenvalue weighted by atomic mass is 79.9. The lowest BCUT2D eigenvalue weighted by Crippen LogP contribution is -2.14. The Balaban J connectivity index is 1.94. The summed E-state index contributed by atoms with van der Waals surface area (Å²) in [6.07, 6.45) is 0. The van der Waals surface area contributed by atoms with E-state index in [4.69, 9.17) is 17.3 Å². The molecule has 0 aliphatic heterocycles. The van der Waals surface area contributed by atoms with Crippen LogP contribution in [0.2, 0.25) is 5.02 Å². The van der Waals surface area contributed by atoms with Crippen LogP contribution in [-0.4, -0.2) is 11.7 Å². The average Bonchev–Trinajstić information content (AvgIpc) is 2.40. The molecule has 0 bridgehead atoms. The van der Waals surface area contributed by atoms with Gasteiger partial charge in [-0.2, -0.15) is 0 Å². The van der Waals surface area contributed by atoms with Crippen LogP contribution in [-0.2, 0) is 4.79 Å². The van der Waals surface area contributed by atoms with Crippen molar-refractivity contribution in [2.75, 3.05) is 16.8 Å². The van der Waals surface area contributed by atoms with Crippen LogP contribution in [0.3, 0.4) is 0 Å². The predicted octanol–water partition coefficient (Wildman–Crippen LogP) is 4.42. The van der Waals surface area contributed by atoms with Crippen LogP contribution in [0.25, 0.3) is 0 Å². The van der Waals surface area contributed by atoms with E-state index in [0.29, 0.717) is 10.7 Å². The van der Waals surface area contributed by atoms with E-state index < -0.39 is 0 Å². The topological polar surface area (TPSA) is 55.1 Å². The van der Waals surface area contributed by atoms with Crippen molar-refractivity contribution in [2.45, 2.75) is 4.90 Å². The maximum absolute atomic E-state index is 11.9. The lowest BCUT2D eigenvalue weighted by molar-refractivity contribution is -0.113. The minimum Gasteiger partial charge on any atom is -0.399 e. The first-order valence-electron chi connectivity index (χ1n) is 5.78. The number of para-hydroxylation sites is 1. The van der Waals surface area contributed by atoms with Crippen LogP contribution in [0.15, 0.2) is 51.8 Å². The standard InChI is InChI=1S/C14H12BrClN2OS/c15-10-3-1-2-4-12(10)18-14(19)8-20-13-6-5-9(17)7-11(13)16/h1-7H,8,17H2,(H,18,19). The highest BCUT2D eigenvalue weighted by Crippen LogP contribution is 2.29. The third-order valence-corrected chi connectivity index (χ3v) is 4.65. The number of nitrogens with one attached hydrogen (secondary N) is 1. The Morgan fingerprint density at radius 3 is 2.75 bits per heavy atom. The molecule has 0 unspecified atom stereocenters. The van der Waals surface area contributed by atoms with E-state index >= 15 is 0 Å². The fourth-order valence-electron chi connectivity index (χ4n) is 1.53. The maximum atomic E-state index is 11.9. The molecule has 0 fully saturated rings. The summed E-state index contributed by atoms with van der Waals surface area (Å²) in [5, 5.41) is 3.40. The van der Waals surface area contributed by atoms with Crippen molar-refractivity contribution in [3.05, 3.63) is 52.0 Å². The van der Waals surface area contributed by atoms with Gasteiger partial charge in [-0.3, -0.25) is 4.79 Å². The van der Waals surface area contributed by atoms with Crippen molar-refractivity contribution in [2.24, 2.45) is 0 Å². The van der Waals surface area contributed by atoms with Gasteiger partial charge in [0.2, 0.25) is 5.91 Å². The summed E-state index contributed by atoms with van der Waals surface area (Å²) in [4.78, 5) is 12.7. The molecule has 6 heteroatoms. The highest BCUT2D eigenvalue weighted by molar-refractivity contribution is 9.10. The van der Waals surface area contributed by atoms with Gasteiger partial charge in [0.15, 0.2) is 0 Å². The van der Waals surface area contributed by atoms with Crippen molar-refractivity contribution in [3.63, 3.8) is 0 Å². The molecule has 0 spiro atoms. The van der Waals surface area contributed by atoms with Gasteiger partial charge < -0.3 is 11.1 Å². The molecule has 0 saturated carbocycles. The molecule has 0 atom stereocenters. The SMILES string of the molecule is Nc1ccc(SCC(=O)Nc2ccccc2Br)c(Cl)c1. The number of halogens is 2. The van der Waals surface area contributed by atoms with Crippen molar-refractivity contribution >= 4 is 56.6 Å². The van der Waals surface area contributed by atoms with Gasteiger partial charge in [-0.05, 0) is 46.3 Å². The molecule has 0 radical (unpaired) electrons. The molecular formula is C14H12BrClN2OS. The molecule has 0 aliphatic carbocycles. The first-order chi connectivity index (χ1) is 9.56. The third-order valence-electron chi connectivity index (χ3n) is 2.46. The van der Waals surface area contributed by atoms with Crippen LogP contribution >= 0.6 is 39.3 Å². The number of hydrogen-bond donors (Lipinski definition) is 2. The van der Waals surface area contributed by atoms with Crippen molar-refractivity contribution in [3.8, 4) is 0 Å². The Labute approximate surface area is 135 Å². The van der Waals surface area contributed by atoms with E-state index in [1.807, 2.05) is 30.3 Å². The number of nitrogen functional groups attached to an aromatic ring is 1. The summed E-state index contributed by atoms with van der Waals surface area (Å²) in [5.74, 6) is 0.195. The summed E-state index contributed by atoms with van der Waals surface area (Å²) in [7, 11) is 0. The van der Waals surface area contributed by atoms with Crippen molar-refractivity contribution in [1.29, 1.82) is 0 Å². The van der Waals surface area contributed by atoms with Gasteiger partial charge in [0, 0.05) is 15.1 Å². The summed E-state index contributed by atoms with van der Waals surface area (Å²) in [6.45, 7) is 0.